The Morgan fingerprint density at radius 3 is 2.23 bits per heavy atom. The Balaban J connectivity index is 1.77. The molecule has 8 heteroatoms. The summed E-state index contributed by atoms with van der Waals surface area (Å²) in [6.07, 6.45) is 0.493. The van der Waals surface area contributed by atoms with Crippen molar-refractivity contribution in [1.82, 2.24) is 16.0 Å². The van der Waals surface area contributed by atoms with Crippen LogP contribution in [0.3, 0.4) is 0 Å². The van der Waals surface area contributed by atoms with E-state index in [2.05, 4.69) is 16.0 Å². The van der Waals surface area contributed by atoms with E-state index in [0.29, 0.717) is 25.1 Å². The summed E-state index contributed by atoms with van der Waals surface area (Å²) in [5.74, 6) is -1.69. The van der Waals surface area contributed by atoms with Crippen LogP contribution in [0.1, 0.15) is 41.0 Å². The summed E-state index contributed by atoms with van der Waals surface area (Å²) < 4.78 is 13.0. The van der Waals surface area contributed by atoms with E-state index < -0.39 is 17.8 Å². The van der Waals surface area contributed by atoms with Gasteiger partial charge in [-0.05, 0) is 54.8 Å². The van der Waals surface area contributed by atoms with E-state index in [1.54, 1.807) is 12.1 Å². The summed E-state index contributed by atoms with van der Waals surface area (Å²) in [6, 6.07) is 10.4. The maximum Gasteiger partial charge on any atom is 0.251 e. The van der Waals surface area contributed by atoms with Crippen molar-refractivity contribution < 1.29 is 23.9 Å². The number of benzene rings is 2. The average molecular weight is 415 g/mol. The molecule has 0 aliphatic carbocycles. The van der Waals surface area contributed by atoms with Crippen molar-refractivity contribution in [2.75, 3.05) is 13.1 Å². The zero-order chi connectivity index (χ0) is 22.1. The second kappa shape index (κ2) is 10.9. The third kappa shape index (κ3) is 6.88. The van der Waals surface area contributed by atoms with Gasteiger partial charge in [0.15, 0.2) is 0 Å². The standard InChI is InChI=1S/C22H26FN3O4/c1-14(2)19(26-21(29)15-7-9-17(23)10-8-15)22(30)25-12-4-11-24-20(28)16-5-3-6-18(27)13-16/h3,5-10,13-14,19,27H,4,11-12H2,1-2H3,(H,24,28)(H,25,30)(H,26,29). The van der Waals surface area contributed by atoms with E-state index in [-0.39, 0.29) is 29.0 Å². The molecule has 3 amide bonds. The Morgan fingerprint density at radius 1 is 0.933 bits per heavy atom. The van der Waals surface area contributed by atoms with Crippen molar-refractivity contribution in [2.24, 2.45) is 5.92 Å². The summed E-state index contributed by atoms with van der Waals surface area (Å²) in [5.41, 5.74) is 0.618. The lowest BCUT2D eigenvalue weighted by atomic mass is 10.0. The molecule has 2 rings (SSSR count). The summed E-state index contributed by atoms with van der Waals surface area (Å²) in [6.45, 7) is 4.27. The average Bonchev–Trinajstić information content (AvgIpc) is 2.71. The number of rotatable bonds is 9. The van der Waals surface area contributed by atoms with Crippen molar-refractivity contribution >= 4 is 17.7 Å². The van der Waals surface area contributed by atoms with Crippen molar-refractivity contribution in [3.8, 4) is 5.75 Å². The molecule has 7 nitrogen and oxygen atoms in total. The van der Waals surface area contributed by atoms with Crippen molar-refractivity contribution in [1.29, 1.82) is 0 Å². The van der Waals surface area contributed by atoms with E-state index >= 15 is 0 Å². The minimum absolute atomic E-state index is 0.0114. The van der Waals surface area contributed by atoms with Gasteiger partial charge in [-0.3, -0.25) is 14.4 Å². The molecule has 1 atom stereocenters. The normalized spacial score (nSPS) is 11.6. The first-order chi connectivity index (χ1) is 14.3. The largest absolute Gasteiger partial charge is 0.508 e. The number of hydrogen-bond donors (Lipinski definition) is 4. The third-order valence-electron chi connectivity index (χ3n) is 4.39. The van der Waals surface area contributed by atoms with Gasteiger partial charge in [0.05, 0.1) is 0 Å². The van der Waals surface area contributed by atoms with Gasteiger partial charge in [-0.15, -0.1) is 0 Å². The number of phenols is 1. The van der Waals surface area contributed by atoms with Gasteiger partial charge >= 0.3 is 0 Å². The Labute approximate surface area is 174 Å². The molecule has 0 radical (unpaired) electrons. The van der Waals surface area contributed by atoms with Gasteiger partial charge in [0.25, 0.3) is 11.8 Å². The highest BCUT2D eigenvalue weighted by Crippen LogP contribution is 2.10. The fourth-order valence-electron chi connectivity index (χ4n) is 2.72. The van der Waals surface area contributed by atoms with Crippen LogP contribution in [0, 0.1) is 11.7 Å². The van der Waals surface area contributed by atoms with E-state index in [9.17, 15) is 23.9 Å². The topological polar surface area (TPSA) is 108 Å². The molecule has 2 aromatic rings. The Morgan fingerprint density at radius 2 is 1.60 bits per heavy atom. The second-order valence-corrected chi connectivity index (χ2v) is 7.15. The molecule has 0 spiro atoms. The zero-order valence-electron chi connectivity index (χ0n) is 16.9. The number of phenolic OH excluding ortho intramolecular Hbond substituents is 1. The monoisotopic (exact) mass is 415 g/mol. The van der Waals surface area contributed by atoms with Crippen LogP contribution in [0.25, 0.3) is 0 Å². The molecule has 0 aliphatic heterocycles. The summed E-state index contributed by atoms with van der Waals surface area (Å²) in [5, 5.41) is 17.5. The highest BCUT2D eigenvalue weighted by molar-refractivity contribution is 5.97. The SMILES string of the molecule is CC(C)C(NC(=O)c1ccc(F)cc1)C(=O)NCCCNC(=O)c1cccc(O)c1. The molecule has 2 aromatic carbocycles. The molecule has 0 saturated heterocycles. The van der Waals surface area contributed by atoms with Crippen LogP contribution in [0.2, 0.25) is 0 Å². The lowest BCUT2D eigenvalue weighted by Crippen LogP contribution is -2.50. The van der Waals surface area contributed by atoms with Crippen LogP contribution in [0.15, 0.2) is 48.5 Å². The van der Waals surface area contributed by atoms with Crippen LogP contribution in [-0.4, -0.2) is 42.0 Å². The fraction of sp³-hybridized carbons (Fsp3) is 0.318. The fourth-order valence-corrected chi connectivity index (χ4v) is 2.72. The Hall–Kier alpha value is -3.42. The maximum absolute atomic E-state index is 13.0. The van der Waals surface area contributed by atoms with Crippen molar-refractivity contribution in [3.05, 3.63) is 65.5 Å². The van der Waals surface area contributed by atoms with Crippen LogP contribution in [0.5, 0.6) is 5.75 Å². The van der Waals surface area contributed by atoms with Crippen molar-refractivity contribution in [2.45, 2.75) is 26.3 Å². The quantitative estimate of drug-likeness (QED) is 0.471. The molecule has 0 heterocycles. The molecule has 0 aromatic heterocycles. The lowest BCUT2D eigenvalue weighted by molar-refractivity contribution is -0.123. The number of carbonyl (C=O) groups excluding carboxylic acids is 3. The number of halogens is 1. The van der Waals surface area contributed by atoms with Crippen LogP contribution < -0.4 is 16.0 Å². The second-order valence-electron chi connectivity index (χ2n) is 7.15. The first-order valence-corrected chi connectivity index (χ1v) is 9.69. The molecule has 30 heavy (non-hydrogen) atoms. The molecule has 0 fully saturated rings. The Bertz CT molecular complexity index is 884. The number of amides is 3. The van der Waals surface area contributed by atoms with Gasteiger partial charge < -0.3 is 21.1 Å². The first kappa shape index (κ1) is 22.9. The smallest absolute Gasteiger partial charge is 0.251 e. The van der Waals surface area contributed by atoms with Gasteiger partial charge in [0.1, 0.15) is 17.6 Å². The molecule has 160 valence electrons. The maximum atomic E-state index is 13.0. The van der Waals surface area contributed by atoms with Crippen LogP contribution >= 0.6 is 0 Å². The predicted octanol–water partition coefficient (Wildman–Crippen LogP) is 2.22. The zero-order valence-corrected chi connectivity index (χ0v) is 16.9. The van der Waals surface area contributed by atoms with Gasteiger partial charge in [-0.2, -0.15) is 0 Å². The Kier molecular flexibility index (Phi) is 8.34. The van der Waals surface area contributed by atoms with Crippen LogP contribution in [-0.2, 0) is 4.79 Å². The highest BCUT2D eigenvalue weighted by Gasteiger charge is 2.24. The minimum Gasteiger partial charge on any atom is -0.508 e. The van der Waals surface area contributed by atoms with Gasteiger partial charge in [0.2, 0.25) is 5.91 Å². The van der Waals surface area contributed by atoms with E-state index in [1.165, 1.54) is 36.4 Å². The van der Waals surface area contributed by atoms with Gasteiger partial charge in [-0.25, -0.2) is 4.39 Å². The summed E-state index contributed by atoms with van der Waals surface area (Å²) >= 11 is 0. The van der Waals surface area contributed by atoms with Crippen LogP contribution in [0.4, 0.5) is 4.39 Å². The lowest BCUT2D eigenvalue weighted by Gasteiger charge is -2.21. The van der Waals surface area contributed by atoms with E-state index in [4.69, 9.17) is 0 Å². The molecule has 4 N–H and O–H groups in total. The molecular weight excluding hydrogens is 389 g/mol. The molecule has 0 bridgehead atoms. The number of carbonyl (C=O) groups is 3. The van der Waals surface area contributed by atoms with Gasteiger partial charge in [-0.1, -0.05) is 19.9 Å². The number of hydrogen-bond acceptors (Lipinski definition) is 4. The van der Waals surface area contributed by atoms with Crippen molar-refractivity contribution in [3.63, 3.8) is 0 Å². The highest BCUT2D eigenvalue weighted by atomic mass is 19.1. The first-order valence-electron chi connectivity index (χ1n) is 9.69. The molecule has 0 aliphatic rings. The van der Waals surface area contributed by atoms with Gasteiger partial charge in [0, 0.05) is 24.2 Å². The minimum atomic E-state index is -0.746. The number of aromatic hydroxyl groups is 1. The molecule has 0 saturated carbocycles. The number of nitrogens with one attached hydrogen (secondary N) is 3. The van der Waals surface area contributed by atoms with E-state index in [1.807, 2.05) is 13.8 Å². The summed E-state index contributed by atoms with van der Waals surface area (Å²) in [7, 11) is 0. The van der Waals surface area contributed by atoms with E-state index in [0.717, 1.165) is 0 Å². The summed E-state index contributed by atoms with van der Waals surface area (Å²) in [4.78, 5) is 36.8. The third-order valence-corrected chi connectivity index (χ3v) is 4.39. The predicted molar refractivity (Wildman–Crippen MR) is 111 cm³/mol. The molecule has 1 unspecified atom stereocenters. The molecular formula is C22H26FN3O4.